The summed E-state index contributed by atoms with van der Waals surface area (Å²) in [5, 5.41) is 15.4. The van der Waals surface area contributed by atoms with E-state index >= 15 is 0 Å². The van der Waals surface area contributed by atoms with Crippen molar-refractivity contribution in [3.8, 4) is 5.75 Å². The molecule has 0 radical (unpaired) electrons. The van der Waals surface area contributed by atoms with Crippen LogP contribution in [-0.4, -0.2) is 54.3 Å². The van der Waals surface area contributed by atoms with Crippen molar-refractivity contribution in [2.75, 3.05) is 33.3 Å². The largest absolute Gasteiger partial charge is 0.497 e. The Bertz CT molecular complexity index is 744. The maximum absolute atomic E-state index is 10.8. The molecule has 1 unspecified atom stereocenters. The van der Waals surface area contributed by atoms with Gasteiger partial charge in [0.25, 0.3) is 0 Å². The number of piperidine rings is 1. The van der Waals surface area contributed by atoms with Crippen LogP contribution in [0.25, 0.3) is 10.9 Å². The van der Waals surface area contributed by atoms with Gasteiger partial charge in [0.2, 0.25) is 0 Å². The highest BCUT2D eigenvalue weighted by Crippen LogP contribution is 2.26. The maximum Gasteiger partial charge on any atom is 0.119 e. The van der Waals surface area contributed by atoms with Gasteiger partial charge in [-0.05, 0) is 68.7 Å². The Morgan fingerprint density at radius 3 is 2.72 bits per heavy atom. The number of methoxy groups -OCH3 is 1. The first-order valence-electron chi connectivity index (χ1n) is 11.3. The Labute approximate surface area is 175 Å². The quantitative estimate of drug-likeness (QED) is 0.552. The molecule has 0 amide bonds. The molecule has 1 aromatic heterocycles. The lowest BCUT2D eigenvalue weighted by Gasteiger charge is -2.33. The molecule has 1 aliphatic rings. The molecule has 1 atom stereocenters. The number of aliphatic hydroxyl groups is 1. The topological polar surface area (TPSA) is 57.6 Å². The second kappa shape index (κ2) is 11.5. The van der Waals surface area contributed by atoms with Crippen LogP contribution in [0.2, 0.25) is 0 Å². The number of nitrogens with zero attached hydrogens (tertiary/aromatic N) is 2. The highest BCUT2D eigenvalue weighted by atomic mass is 16.5. The summed E-state index contributed by atoms with van der Waals surface area (Å²) >= 11 is 0. The molecule has 5 heteroatoms. The number of nitrogens with one attached hydrogen (secondary N) is 1. The van der Waals surface area contributed by atoms with Crippen LogP contribution < -0.4 is 10.1 Å². The molecule has 0 saturated carbocycles. The third-order valence-electron chi connectivity index (χ3n) is 6.11. The van der Waals surface area contributed by atoms with E-state index in [9.17, 15) is 5.11 Å². The number of rotatable bonds is 11. The van der Waals surface area contributed by atoms with Gasteiger partial charge in [0.15, 0.2) is 0 Å². The van der Waals surface area contributed by atoms with Crippen LogP contribution in [0.15, 0.2) is 30.5 Å². The fraction of sp³-hybridized carbons (Fsp3) is 0.625. The van der Waals surface area contributed by atoms with Gasteiger partial charge >= 0.3 is 0 Å². The summed E-state index contributed by atoms with van der Waals surface area (Å²) in [6, 6.07) is 8.20. The highest BCUT2D eigenvalue weighted by Gasteiger charge is 2.20. The van der Waals surface area contributed by atoms with Crippen LogP contribution in [0, 0.1) is 0 Å². The number of aromatic nitrogens is 1. The normalized spacial score (nSPS) is 16.9. The summed E-state index contributed by atoms with van der Waals surface area (Å²) in [6.45, 7) is 6.40. The van der Waals surface area contributed by atoms with Gasteiger partial charge in [0.1, 0.15) is 5.75 Å². The molecule has 1 fully saturated rings. The minimum Gasteiger partial charge on any atom is -0.497 e. The summed E-state index contributed by atoms with van der Waals surface area (Å²) < 4.78 is 5.34. The first-order chi connectivity index (χ1) is 14.2. The fourth-order valence-electron chi connectivity index (χ4n) is 4.25. The molecule has 0 bridgehead atoms. The molecule has 160 valence electrons. The van der Waals surface area contributed by atoms with Gasteiger partial charge in [0, 0.05) is 24.2 Å². The number of aliphatic hydroxyl groups excluding tert-OH is 1. The lowest BCUT2D eigenvalue weighted by atomic mass is 10.0. The van der Waals surface area contributed by atoms with Crippen molar-refractivity contribution in [3.63, 3.8) is 0 Å². The van der Waals surface area contributed by atoms with Crippen molar-refractivity contribution in [3.05, 3.63) is 36.0 Å². The van der Waals surface area contributed by atoms with Crippen molar-refractivity contribution >= 4 is 10.9 Å². The van der Waals surface area contributed by atoms with Crippen molar-refractivity contribution in [1.29, 1.82) is 0 Å². The van der Waals surface area contributed by atoms with Crippen LogP contribution in [0.1, 0.15) is 63.5 Å². The molecule has 0 aliphatic carbocycles. The van der Waals surface area contributed by atoms with E-state index in [0.717, 1.165) is 48.1 Å². The Morgan fingerprint density at radius 1 is 1.17 bits per heavy atom. The minimum absolute atomic E-state index is 0.489. The predicted molar refractivity (Wildman–Crippen MR) is 119 cm³/mol. The van der Waals surface area contributed by atoms with E-state index in [2.05, 4.69) is 22.1 Å². The molecule has 3 rings (SSSR count). The van der Waals surface area contributed by atoms with Crippen LogP contribution in [0.5, 0.6) is 5.75 Å². The molecule has 2 aromatic rings. The van der Waals surface area contributed by atoms with Crippen LogP contribution in [-0.2, 0) is 0 Å². The Morgan fingerprint density at radius 2 is 1.97 bits per heavy atom. The zero-order chi connectivity index (χ0) is 20.5. The number of likely N-dealkylation sites (tertiary alicyclic amines) is 1. The first kappa shape index (κ1) is 22.0. The summed E-state index contributed by atoms with van der Waals surface area (Å²) in [5.74, 6) is 0.786. The van der Waals surface area contributed by atoms with Gasteiger partial charge < -0.3 is 20.1 Å². The Hall–Kier alpha value is -1.69. The van der Waals surface area contributed by atoms with E-state index in [1.54, 1.807) is 13.3 Å². The van der Waals surface area contributed by atoms with E-state index in [4.69, 9.17) is 4.74 Å². The summed E-state index contributed by atoms with van der Waals surface area (Å²) in [6.07, 6.45) is 10.3. The molecule has 1 saturated heterocycles. The van der Waals surface area contributed by atoms with E-state index in [0.29, 0.717) is 12.6 Å². The van der Waals surface area contributed by atoms with Crippen LogP contribution >= 0.6 is 0 Å². The zero-order valence-corrected chi connectivity index (χ0v) is 18.1. The molecule has 1 aliphatic heterocycles. The minimum atomic E-state index is -0.552. The summed E-state index contributed by atoms with van der Waals surface area (Å²) in [4.78, 5) is 7.01. The summed E-state index contributed by atoms with van der Waals surface area (Å²) in [5.41, 5.74) is 1.79. The maximum atomic E-state index is 10.8. The van der Waals surface area contributed by atoms with Crippen molar-refractivity contribution in [1.82, 2.24) is 15.2 Å². The number of hydrogen-bond acceptors (Lipinski definition) is 5. The molecule has 1 aromatic carbocycles. The number of pyridine rings is 1. The fourth-order valence-corrected chi connectivity index (χ4v) is 4.25. The highest BCUT2D eigenvalue weighted by molar-refractivity contribution is 5.83. The van der Waals surface area contributed by atoms with Crippen molar-refractivity contribution in [2.24, 2.45) is 0 Å². The van der Waals surface area contributed by atoms with Crippen LogP contribution in [0.3, 0.4) is 0 Å². The molecule has 29 heavy (non-hydrogen) atoms. The number of fused-ring (bicyclic) bond motifs is 1. The van der Waals surface area contributed by atoms with Gasteiger partial charge in [0.05, 0.1) is 18.7 Å². The van der Waals surface area contributed by atoms with Gasteiger partial charge in [-0.2, -0.15) is 0 Å². The van der Waals surface area contributed by atoms with Crippen molar-refractivity contribution in [2.45, 2.75) is 64.0 Å². The van der Waals surface area contributed by atoms with Crippen LogP contribution in [0.4, 0.5) is 0 Å². The molecule has 5 nitrogen and oxygen atoms in total. The van der Waals surface area contributed by atoms with Gasteiger partial charge in [-0.3, -0.25) is 4.98 Å². The standard InChI is InChI=1S/C24H37N3O2/c1-3-4-5-6-7-14-27-15-11-19(12-16-27)26-18-24(28)21-10-13-25-23-9-8-20(29-2)17-22(21)23/h8-10,13,17,19,24,26,28H,3-7,11-12,14-16,18H2,1-2H3. The van der Waals surface area contributed by atoms with E-state index in [1.165, 1.54) is 38.6 Å². The number of benzene rings is 1. The second-order valence-electron chi connectivity index (χ2n) is 8.24. The van der Waals surface area contributed by atoms with E-state index in [-0.39, 0.29) is 0 Å². The molecule has 2 N–H and O–H groups in total. The number of ether oxygens (including phenoxy) is 1. The lowest BCUT2D eigenvalue weighted by molar-refractivity contribution is 0.151. The Balaban J connectivity index is 1.45. The molecular weight excluding hydrogens is 362 g/mol. The smallest absolute Gasteiger partial charge is 0.119 e. The van der Waals surface area contributed by atoms with E-state index < -0.39 is 6.10 Å². The average molecular weight is 400 g/mol. The zero-order valence-electron chi connectivity index (χ0n) is 18.1. The van der Waals surface area contributed by atoms with E-state index in [1.807, 2.05) is 24.3 Å². The second-order valence-corrected chi connectivity index (χ2v) is 8.24. The number of hydrogen-bond donors (Lipinski definition) is 2. The Kier molecular flexibility index (Phi) is 8.71. The SMILES string of the molecule is CCCCCCCN1CCC(NCC(O)c2ccnc3ccc(OC)cc23)CC1. The third kappa shape index (κ3) is 6.39. The average Bonchev–Trinajstić information content (AvgIpc) is 2.77. The molecule has 0 spiro atoms. The van der Waals surface area contributed by atoms with Crippen molar-refractivity contribution < 1.29 is 9.84 Å². The monoisotopic (exact) mass is 399 g/mol. The molecule has 2 heterocycles. The van der Waals surface area contributed by atoms with Gasteiger partial charge in [-0.25, -0.2) is 0 Å². The molecular formula is C24H37N3O2. The van der Waals surface area contributed by atoms with Gasteiger partial charge in [-0.1, -0.05) is 32.6 Å². The van der Waals surface area contributed by atoms with Gasteiger partial charge in [-0.15, -0.1) is 0 Å². The summed E-state index contributed by atoms with van der Waals surface area (Å²) in [7, 11) is 1.66. The third-order valence-corrected chi connectivity index (χ3v) is 6.11. The lowest BCUT2D eigenvalue weighted by Crippen LogP contribution is -2.43. The first-order valence-corrected chi connectivity index (χ1v) is 11.3. The predicted octanol–water partition coefficient (Wildman–Crippen LogP) is 4.30. The number of unbranched alkanes of at least 4 members (excludes halogenated alkanes) is 4.